The van der Waals surface area contributed by atoms with Crippen LogP contribution < -0.4 is 0 Å². The van der Waals surface area contributed by atoms with Crippen molar-refractivity contribution in [3.8, 4) is 11.4 Å². The molecule has 1 aromatic carbocycles. The Morgan fingerprint density at radius 3 is 2.83 bits per heavy atom. The summed E-state index contributed by atoms with van der Waals surface area (Å²) in [6, 6.07) is 2.62. The first kappa shape index (κ1) is 12.6. The molecule has 0 N–H and O–H groups in total. The van der Waals surface area contributed by atoms with E-state index in [2.05, 4.69) is 10.2 Å². The maximum atomic E-state index is 14.0. The molecular weight excluding hydrogens is 240 g/mol. The second-order valence-electron chi connectivity index (χ2n) is 3.89. The molecule has 4 nitrogen and oxygen atoms in total. The normalized spacial score (nSPS) is 10.9. The van der Waals surface area contributed by atoms with Crippen molar-refractivity contribution in [3.63, 3.8) is 0 Å². The van der Waals surface area contributed by atoms with Crippen LogP contribution in [0.2, 0.25) is 0 Å². The third-order valence-corrected chi connectivity index (χ3v) is 2.66. The van der Waals surface area contributed by atoms with Gasteiger partial charge in [0.2, 0.25) is 0 Å². The van der Waals surface area contributed by atoms with Crippen LogP contribution in [0.4, 0.5) is 8.78 Å². The number of ether oxygens (including phenoxy) is 1. The van der Waals surface area contributed by atoms with Crippen LogP contribution in [0, 0.1) is 18.6 Å². The number of hydrogen-bond acceptors (Lipinski definition) is 3. The average molecular weight is 253 g/mol. The van der Waals surface area contributed by atoms with E-state index in [9.17, 15) is 8.78 Å². The van der Waals surface area contributed by atoms with E-state index in [0.29, 0.717) is 18.7 Å². The summed E-state index contributed by atoms with van der Waals surface area (Å²) in [5, 5.41) is 7.47. The van der Waals surface area contributed by atoms with Gasteiger partial charge in [0.05, 0.1) is 12.2 Å². The predicted octanol–water partition coefficient (Wildman–Crippen LogP) is 2.18. The van der Waals surface area contributed by atoms with E-state index < -0.39 is 11.6 Å². The second kappa shape index (κ2) is 5.22. The van der Waals surface area contributed by atoms with Gasteiger partial charge in [-0.1, -0.05) is 6.07 Å². The van der Waals surface area contributed by atoms with Gasteiger partial charge in [-0.05, 0) is 18.6 Å². The first-order valence-corrected chi connectivity index (χ1v) is 5.47. The molecule has 0 unspecified atom stereocenters. The molecule has 0 saturated carbocycles. The van der Waals surface area contributed by atoms with E-state index in [0.717, 1.165) is 0 Å². The number of halogens is 2. The van der Waals surface area contributed by atoms with Crippen LogP contribution in [0.25, 0.3) is 11.4 Å². The first-order chi connectivity index (χ1) is 8.65. The topological polar surface area (TPSA) is 39.9 Å². The predicted molar refractivity (Wildman–Crippen MR) is 62.0 cm³/mol. The van der Waals surface area contributed by atoms with Gasteiger partial charge in [0.1, 0.15) is 18.0 Å². The standard InChI is InChI=1S/C12H13F2N3O/c1-8-3-4-9(13)10(11(8)14)12-16-15-7-17(12)5-6-18-2/h3-4,7H,5-6H2,1-2H3. The third kappa shape index (κ3) is 2.24. The van der Waals surface area contributed by atoms with E-state index in [4.69, 9.17) is 4.74 Å². The van der Waals surface area contributed by atoms with Gasteiger partial charge in [-0.2, -0.15) is 0 Å². The second-order valence-corrected chi connectivity index (χ2v) is 3.89. The van der Waals surface area contributed by atoms with Crippen molar-refractivity contribution in [3.05, 3.63) is 35.7 Å². The van der Waals surface area contributed by atoms with Crippen LogP contribution in [0.15, 0.2) is 18.5 Å². The molecule has 6 heteroatoms. The van der Waals surface area contributed by atoms with Crippen LogP contribution in [-0.2, 0) is 11.3 Å². The molecule has 1 aromatic heterocycles. The Morgan fingerprint density at radius 2 is 2.11 bits per heavy atom. The fourth-order valence-corrected chi connectivity index (χ4v) is 1.66. The molecule has 96 valence electrons. The summed E-state index contributed by atoms with van der Waals surface area (Å²) in [5.41, 5.74) is 0.219. The molecule has 0 aliphatic heterocycles. The van der Waals surface area contributed by atoms with E-state index in [1.807, 2.05) is 0 Å². The smallest absolute Gasteiger partial charge is 0.169 e. The zero-order valence-corrected chi connectivity index (χ0v) is 10.2. The Labute approximate surface area is 103 Å². The van der Waals surface area contributed by atoms with Crippen molar-refractivity contribution in [2.45, 2.75) is 13.5 Å². The number of methoxy groups -OCH3 is 1. The number of benzene rings is 1. The summed E-state index contributed by atoms with van der Waals surface area (Å²) in [7, 11) is 1.55. The fraction of sp³-hybridized carbons (Fsp3) is 0.333. The maximum Gasteiger partial charge on any atom is 0.169 e. The maximum absolute atomic E-state index is 14.0. The fourth-order valence-electron chi connectivity index (χ4n) is 1.66. The Kier molecular flexibility index (Phi) is 3.66. The van der Waals surface area contributed by atoms with Crippen LogP contribution in [0.5, 0.6) is 0 Å². The van der Waals surface area contributed by atoms with Crippen molar-refractivity contribution in [1.82, 2.24) is 14.8 Å². The van der Waals surface area contributed by atoms with Crippen LogP contribution in [-0.4, -0.2) is 28.5 Å². The summed E-state index contributed by atoms with van der Waals surface area (Å²) < 4.78 is 34.2. The average Bonchev–Trinajstić information content (AvgIpc) is 2.80. The largest absolute Gasteiger partial charge is 0.383 e. The summed E-state index contributed by atoms with van der Waals surface area (Å²) in [6.45, 7) is 2.43. The van der Waals surface area contributed by atoms with Gasteiger partial charge in [-0.25, -0.2) is 8.78 Å². The van der Waals surface area contributed by atoms with Gasteiger partial charge in [-0.15, -0.1) is 10.2 Å². The summed E-state index contributed by atoms with van der Waals surface area (Å²) in [5.74, 6) is -1.09. The van der Waals surface area contributed by atoms with E-state index >= 15 is 0 Å². The third-order valence-electron chi connectivity index (χ3n) is 2.66. The Morgan fingerprint density at radius 1 is 1.33 bits per heavy atom. The van der Waals surface area contributed by atoms with Crippen LogP contribution in [0.3, 0.4) is 0 Å². The minimum Gasteiger partial charge on any atom is -0.383 e. The summed E-state index contributed by atoms with van der Waals surface area (Å²) in [6.07, 6.45) is 1.43. The number of hydrogen-bond donors (Lipinski definition) is 0. The monoisotopic (exact) mass is 253 g/mol. The quantitative estimate of drug-likeness (QED) is 0.838. The Bertz CT molecular complexity index is 554. The molecule has 0 aliphatic carbocycles. The van der Waals surface area contributed by atoms with E-state index in [1.54, 1.807) is 18.6 Å². The van der Waals surface area contributed by atoms with Gasteiger partial charge < -0.3 is 9.30 Å². The van der Waals surface area contributed by atoms with Gasteiger partial charge in [0, 0.05) is 13.7 Å². The number of aryl methyl sites for hydroxylation is 1. The highest BCUT2D eigenvalue weighted by Crippen LogP contribution is 2.26. The van der Waals surface area contributed by atoms with Gasteiger partial charge in [0.15, 0.2) is 5.82 Å². The molecule has 0 amide bonds. The zero-order valence-electron chi connectivity index (χ0n) is 10.2. The van der Waals surface area contributed by atoms with Gasteiger partial charge in [0.25, 0.3) is 0 Å². The SMILES string of the molecule is COCCn1cnnc1-c1c(F)ccc(C)c1F. The lowest BCUT2D eigenvalue weighted by atomic mass is 10.1. The van der Waals surface area contributed by atoms with Gasteiger partial charge >= 0.3 is 0 Å². The molecule has 0 spiro atoms. The van der Waals surface area contributed by atoms with Crippen LogP contribution in [0.1, 0.15) is 5.56 Å². The van der Waals surface area contributed by atoms with E-state index in [1.165, 1.54) is 18.5 Å². The zero-order chi connectivity index (χ0) is 13.1. The van der Waals surface area contributed by atoms with Crippen molar-refractivity contribution >= 4 is 0 Å². The number of nitrogens with zero attached hydrogens (tertiary/aromatic N) is 3. The van der Waals surface area contributed by atoms with Crippen molar-refractivity contribution in [1.29, 1.82) is 0 Å². The highest BCUT2D eigenvalue weighted by atomic mass is 19.1. The molecule has 0 aliphatic rings. The first-order valence-electron chi connectivity index (χ1n) is 5.47. The number of rotatable bonds is 4. The molecule has 0 atom stereocenters. The van der Waals surface area contributed by atoms with Crippen molar-refractivity contribution in [2.75, 3.05) is 13.7 Å². The van der Waals surface area contributed by atoms with Crippen molar-refractivity contribution in [2.24, 2.45) is 0 Å². The lowest BCUT2D eigenvalue weighted by Gasteiger charge is -2.09. The Balaban J connectivity index is 2.49. The summed E-state index contributed by atoms with van der Waals surface area (Å²) in [4.78, 5) is 0. The lowest BCUT2D eigenvalue weighted by molar-refractivity contribution is 0.187. The molecule has 2 aromatic rings. The highest BCUT2D eigenvalue weighted by Gasteiger charge is 2.18. The highest BCUT2D eigenvalue weighted by molar-refractivity contribution is 5.58. The molecular formula is C12H13F2N3O. The molecule has 0 fully saturated rings. The molecule has 1 heterocycles. The minimum absolute atomic E-state index is 0.149. The van der Waals surface area contributed by atoms with E-state index in [-0.39, 0.29) is 11.4 Å². The molecule has 0 radical (unpaired) electrons. The molecule has 0 bridgehead atoms. The lowest BCUT2D eigenvalue weighted by Crippen LogP contribution is -2.07. The molecule has 18 heavy (non-hydrogen) atoms. The minimum atomic E-state index is -0.648. The van der Waals surface area contributed by atoms with Gasteiger partial charge in [-0.3, -0.25) is 0 Å². The number of aromatic nitrogens is 3. The molecule has 2 rings (SSSR count). The molecule has 0 saturated heterocycles. The van der Waals surface area contributed by atoms with Crippen molar-refractivity contribution < 1.29 is 13.5 Å². The Hall–Kier alpha value is -1.82. The van der Waals surface area contributed by atoms with Crippen LogP contribution >= 0.6 is 0 Å². The summed E-state index contributed by atoms with van der Waals surface area (Å²) >= 11 is 0.